The van der Waals surface area contributed by atoms with E-state index in [2.05, 4.69) is 26.6 Å². The van der Waals surface area contributed by atoms with Gasteiger partial charge in [-0.25, -0.2) is 0 Å². The number of nitro groups is 1. The first-order chi connectivity index (χ1) is 7.28. The second-order valence-corrected chi connectivity index (χ2v) is 9.75. The lowest BCUT2D eigenvalue weighted by atomic mass is 10.1. The fourth-order valence-corrected chi connectivity index (χ4v) is 2.81. The Morgan fingerprint density at radius 1 is 1.31 bits per heavy atom. The van der Waals surface area contributed by atoms with E-state index >= 15 is 0 Å². The highest BCUT2D eigenvalue weighted by Crippen LogP contribution is 2.17. The predicted octanol–water partition coefficient (Wildman–Crippen LogP) is 3.45. The Morgan fingerprint density at radius 2 is 1.88 bits per heavy atom. The maximum absolute atomic E-state index is 10.8. The third-order valence-corrected chi connectivity index (χ3v) is 3.48. The molecule has 0 aliphatic heterocycles. The third kappa shape index (κ3) is 6.95. The molecule has 0 aliphatic rings. The fourth-order valence-electron chi connectivity index (χ4n) is 1.58. The number of hydrogen-bond donors (Lipinski definition) is 0. The summed E-state index contributed by atoms with van der Waals surface area (Å²) in [7, 11) is -1.69. The van der Waals surface area contributed by atoms with Crippen LogP contribution in [0.3, 0.4) is 0 Å². The third-order valence-electron chi connectivity index (χ3n) is 2.47. The van der Waals surface area contributed by atoms with Crippen molar-refractivity contribution in [3.63, 3.8) is 0 Å². The van der Waals surface area contributed by atoms with Crippen molar-refractivity contribution in [2.75, 3.05) is 0 Å². The summed E-state index contributed by atoms with van der Waals surface area (Å²) in [5.74, 6) is 0. The molecular formula is C11H25NO3Si. The van der Waals surface area contributed by atoms with Gasteiger partial charge in [-0.3, -0.25) is 10.1 Å². The van der Waals surface area contributed by atoms with E-state index in [9.17, 15) is 10.1 Å². The normalized spacial score (nSPS) is 15.8. The van der Waals surface area contributed by atoms with Crippen LogP contribution in [-0.2, 0) is 4.43 Å². The maximum Gasteiger partial charge on any atom is 0.234 e. The molecule has 0 amide bonds. The van der Waals surface area contributed by atoms with Crippen LogP contribution in [-0.4, -0.2) is 25.4 Å². The van der Waals surface area contributed by atoms with Crippen molar-refractivity contribution in [2.45, 2.75) is 71.3 Å². The van der Waals surface area contributed by atoms with Crippen molar-refractivity contribution in [1.29, 1.82) is 0 Å². The molecule has 4 nitrogen and oxygen atoms in total. The predicted molar refractivity (Wildman–Crippen MR) is 68.8 cm³/mol. The van der Waals surface area contributed by atoms with Gasteiger partial charge in [-0.15, -0.1) is 0 Å². The van der Waals surface area contributed by atoms with Crippen molar-refractivity contribution >= 4 is 8.32 Å². The smallest absolute Gasteiger partial charge is 0.234 e. The highest BCUT2D eigenvalue weighted by atomic mass is 28.4. The first kappa shape index (κ1) is 15.6. The van der Waals surface area contributed by atoms with Gasteiger partial charge in [0.25, 0.3) is 0 Å². The molecule has 0 aromatic rings. The highest BCUT2D eigenvalue weighted by Gasteiger charge is 2.31. The minimum absolute atomic E-state index is 0.215. The molecule has 0 heterocycles. The summed E-state index contributed by atoms with van der Waals surface area (Å²) in [5, 5.41) is 10.8. The Balaban J connectivity index is 4.32. The van der Waals surface area contributed by atoms with Crippen LogP contribution >= 0.6 is 0 Å². The van der Waals surface area contributed by atoms with Crippen LogP contribution in [0.2, 0.25) is 19.6 Å². The van der Waals surface area contributed by atoms with E-state index in [1.54, 1.807) is 6.92 Å². The molecule has 0 bridgehead atoms. The van der Waals surface area contributed by atoms with Crippen LogP contribution in [0.4, 0.5) is 0 Å². The summed E-state index contributed by atoms with van der Waals surface area (Å²) in [6.07, 6.45) is 3.86. The minimum Gasteiger partial charge on any atom is -0.408 e. The number of rotatable bonds is 8. The number of nitrogens with zero attached hydrogens (tertiary/aromatic N) is 1. The van der Waals surface area contributed by atoms with Gasteiger partial charge < -0.3 is 4.43 Å². The zero-order valence-corrected chi connectivity index (χ0v) is 12.2. The van der Waals surface area contributed by atoms with Crippen molar-refractivity contribution < 1.29 is 9.35 Å². The molecule has 0 N–H and O–H groups in total. The van der Waals surface area contributed by atoms with Crippen molar-refractivity contribution in [2.24, 2.45) is 0 Å². The molecule has 0 radical (unpaired) electrons. The monoisotopic (exact) mass is 247 g/mol. The molecule has 96 valence electrons. The molecule has 0 aromatic carbocycles. The molecule has 0 rings (SSSR count). The second kappa shape index (κ2) is 7.01. The van der Waals surface area contributed by atoms with E-state index in [1.165, 1.54) is 0 Å². The Hall–Kier alpha value is -0.423. The van der Waals surface area contributed by atoms with E-state index in [-0.39, 0.29) is 11.0 Å². The molecule has 0 aromatic heterocycles. The first-order valence-electron chi connectivity index (χ1n) is 6.09. The molecule has 0 saturated carbocycles. The zero-order valence-electron chi connectivity index (χ0n) is 11.2. The van der Waals surface area contributed by atoms with Gasteiger partial charge in [0.1, 0.15) is 6.10 Å². The van der Waals surface area contributed by atoms with E-state index in [1.807, 2.05) is 0 Å². The van der Waals surface area contributed by atoms with E-state index in [4.69, 9.17) is 4.43 Å². The molecular weight excluding hydrogens is 222 g/mol. The Morgan fingerprint density at radius 3 is 2.25 bits per heavy atom. The average molecular weight is 247 g/mol. The Kier molecular flexibility index (Phi) is 6.83. The second-order valence-electron chi connectivity index (χ2n) is 5.29. The van der Waals surface area contributed by atoms with E-state index in [0.717, 1.165) is 25.7 Å². The van der Waals surface area contributed by atoms with Crippen LogP contribution in [0, 0.1) is 10.1 Å². The topological polar surface area (TPSA) is 52.4 Å². The van der Waals surface area contributed by atoms with Crippen molar-refractivity contribution in [3.8, 4) is 0 Å². The van der Waals surface area contributed by atoms with Gasteiger partial charge >= 0.3 is 0 Å². The van der Waals surface area contributed by atoms with Gasteiger partial charge in [-0.2, -0.15) is 0 Å². The summed E-state index contributed by atoms with van der Waals surface area (Å²) >= 11 is 0. The molecule has 0 aliphatic carbocycles. The molecule has 0 unspecified atom stereocenters. The molecule has 0 saturated heterocycles. The quantitative estimate of drug-likeness (QED) is 0.286. The van der Waals surface area contributed by atoms with Gasteiger partial charge in [0.05, 0.1) is 0 Å². The van der Waals surface area contributed by atoms with Crippen molar-refractivity contribution in [3.05, 3.63) is 10.1 Å². The zero-order chi connectivity index (χ0) is 12.8. The molecule has 5 heteroatoms. The lowest BCUT2D eigenvalue weighted by molar-refractivity contribution is -0.529. The van der Waals surface area contributed by atoms with E-state index in [0.29, 0.717) is 0 Å². The first-order valence-corrected chi connectivity index (χ1v) is 9.50. The molecule has 0 fully saturated rings. The van der Waals surface area contributed by atoms with Crippen LogP contribution < -0.4 is 0 Å². The maximum atomic E-state index is 10.8. The Bertz CT molecular complexity index is 216. The minimum atomic E-state index is -1.69. The van der Waals surface area contributed by atoms with Crippen LogP contribution in [0.25, 0.3) is 0 Å². The summed E-state index contributed by atoms with van der Waals surface area (Å²) in [5.41, 5.74) is 0. The molecule has 16 heavy (non-hydrogen) atoms. The van der Waals surface area contributed by atoms with Gasteiger partial charge in [-0.1, -0.05) is 26.2 Å². The van der Waals surface area contributed by atoms with Crippen molar-refractivity contribution in [1.82, 2.24) is 0 Å². The lowest BCUT2D eigenvalue weighted by Crippen LogP contribution is -2.41. The summed E-state index contributed by atoms with van der Waals surface area (Å²) in [6, 6.07) is -0.594. The molecule has 0 spiro atoms. The standard InChI is InChI=1S/C11H25NO3Si/c1-6-7-8-9-11(10(2)12(13)14)15-16(3,4)5/h10-11H,6-9H2,1-5H3/t10-,11+/m0/s1. The van der Waals surface area contributed by atoms with Gasteiger partial charge in [0.15, 0.2) is 8.32 Å². The Labute approximate surface area is 99.7 Å². The van der Waals surface area contributed by atoms with Gasteiger partial charge in [-0.05, 0) is 26.1 Å². The number of hydrogen-bond acceptors (Lipinski definition) is 3. The summed E-state index contributed by atoms with van der Waals surface area (Å²) in [6.45, 7) is 10.0. The molecule has 2 atom stereocenters. The highest BCUT2D eigenvalue weighted by molar-refractivity contribution is 6.69. The van der Waals surface area contributed by atoms with Crippen LogP contribution in [0.15, 0.2) is 0 Å². The van der Waals surface area contributed by atoms with Crippen LogP contribution in [0.1, 0.15) is 39.5 Å². The SMILES string of the molecule is CCCCC[C@@H](O[Si](C)(C)C)[C@H](C)[N+](=O)[O-]. The largest absolute Gasteiger partial charge is 0.408 e. The summed E-state index contributed by atoms with van der Waals surface area (Å²) in [4.78, 5) is 10.6. The van der Waals surface area contributed by atoms with Gasteiger partial charge in [0.2, 0.25) is 6.04 Å². The average Bonchev–Trinajstić information content (AvgIpc) is 2.13. The number of unbranched alkanes of at least 4 members (excludes halogenated alkanes) is 2. The van der Waals surface area contributed by atoms with E-state index < -0.39 is 14.4 Å². The van der Waals surface area contributed by atoms with Gasteiger partial charge in [0, 0.05) is 11.8 Å². The van der Waals surface area contributed by atoms with Crippen LogP contribution in [0.5, 0.6) is 0 Å². The summed E-state index contributed by atoms with van der Waals surface area (Å²) < 4.78 is 5.90. The fraction of sp³-hybridized carbons (Fsp3) is 1.00. The lowest BCUT2D eigenvalue weighted by Gasteiger charge is -2.26.